The summed E-state index contributed by atoms with van der Waals surface area (Å²) in [6, 6.07) is 7.69. The van der Waals surface area contributed by atoms with Gasteiger partial charge in [0.05, 0.1) is 11.1 Å². The van der Waals surface area contributed by atoms with Crippen molar-refractivity contribution in [2.24, 2.45) is 5.92 Å². The Kier molecular flexibility index (Phi) is 6.02. The van der Waals surface area contributed by atoms with Crippen LogP contribution in [0.5, 0.6) is 0 Å². The maximum absolute atomic E-state index is 12.5. The summed E-state index contributed by atoms with van der Waals surface area (Å²) in [5, 5.41) is 4.06. The van der Waals surface area contributed by atoms with E-state index in [1.807, 2.05) is 31.2 Å². The van der Waals surface area contributed by atoms with Crippen LogP contribution in [0.4, 0.5) is 5.13 Å². The Bertz CT molecular complexity index is 674. The van der Waals surface area contributed by atoms with Crippen LogP contribution >= 0.6 is 11.3 Å². The molecule has 1 fully saturated rings. The predicted octanol–water partition coefficient (Wildman–Crippen LogP) is 5.62. The monoisotopic (exact) mass is 341 g/mol. The highest BCUT2D eigenvalue weighted by atomic mass is 32.1. The molecule has 0 amide bonds. The molecule has 4 heteroatoms. The van der Waals surface area contributed by atoms with Crippen LogP contribution in [-0.4, -0.2) is 10.8 Å². The molecule has 1 heterocycles. The van der Waals surface area contributed by atoms with Crippen molar-refractivity contribution in [3.8, 4) is 0 Å². The van der Waals surface area contributed by atoms with Crippen molar-refractivity contribution in [2.45, 2.75) is 51.9 Å². The van der Waals surface area contributed by atoms with Crippen molar-refractivity contribution in [1.82, 2.24) is 4.98 Å². The van der Waals surface area contributed by atoms with E-state index in [-0.39, 0.29) is 5.78 Å². The number of anilines is 1. The molecule has 0 spiro atoms. The second-order valence-corrected chi connectivity index (χ2v) is 7.63. The van der Waals surface area contributed by atoms with Gasteiger partial charge in [-0.15, -0.1) is 0 Å². The number of carbonyl (C=O) groups excluding carboxylic acids is 1. The van der Waals surface area contributed by atoms with Gasteiger partial charge in [0.1, 0.15) is 0 Å². The summed E-state index contributed by atoms with van der Waals surface area (Å²) in [7, 11) is 0. The molecule has 2 aromatic rings. The second kappa shape index (κ2) is 8.43. The number of benzene rings is 1. The predicted molar refractivity (Wildman–Crippen MR) is 100 cm³/mol. The normalized spacial score (nSPS) is 15.4. The van der Waals surface area contributed by atoms with Gasteiger partial charge >= 0.3 is 0 Å². The lowest BCUT2D eigenvalue weighted by Gasteiger charge is -2.21. The highest BCUT2D eigenvalue weighted by molar-refractivity contribution is 7.17. The Hall–Kier alpha value is -1.68. The summed E-state index contributed by atoms with van der Waals surface area (Å²) >= 11 is 1.43. The van der Waals surface area contributed by atoms with E-state index in [0.717, 1.165) is 28.6 Å². The van der Waals surface area contributed by atoms with Crippen LogP contribution in [0.15, 0.2) is 30.5 Å². The average Bonchev–Trinajstić information content (AvgIpc) is 3.08. The fraction of sp³-hybridized carbons (Fsp3) is 0.450. The van der Waals surface area contributed by atoms with Gasteiger partial charge < -0.3 is 5.32 Å². The molecule has 3 nitrogen and oxygen atoms in total. The zero-order valence-electron chi connectivity index (χ0n) is 14.3. The summed E-state index contributed by atoms with van der Waals surface area (Å²) in [5.41, 5.74) is 1.76. The van der Waals surface area contributed by atoms with Gasteiger partial charge in [0, 0.05) is 12.1 Å². The van der Waals surface area contributed by atoms with Gasteiger partial charge in [-0.2, -0.15) is 0 Å². The third-order valence-corrected chi connectivity index (χ3v) is 5.72. The van der Waals surface area contributed by atoms with E-state index in [9.17, 15) is 4.79 Å². The molecule has 0 unspecified atom stereocenters. The number of nitrogens with zero attached hydrogens (tertiary/aromatic N) is 1. The summed E-state index contributed by atoms with van der Waals surface area (Å²) in [6.45, 7) is 4.06. The third kappa shape index (κ3) is 4.44. The summed E-state index contributed by atoms with van der Waals surface area (Å²) in [4.78, 5) is 17.6. The minimum absolute atomic E-state index is 0.0563. The maximum Gasteiger partial charge on any atom is 0.204 e. The number of thiazole rings is 1. The van der Waals surface area contributed by atoms with Gasteiger partial charge in [-0.05, 0) is 31.2 Å². The smallest absolute Gasteiger partial charge is 0.204 e. The summed E-state index contributed by atoms with van der Waals surface area (Å²) in [5.74, 6) is 0.951. The maximum atomic E-state index is 12.5. The van der Waals surface area contributed by atoms with Crippen molar-refractivity contribution >= 4 is 22.3 Å². The molecule has 1 aliphatic carbocycles. The standard InChI is InChI=1S/C20H25N2OS/c1-15-8-5-6-12-17(15)19(23)18-14-22-20(24-18)21-13-7-11-16-9-3-2-4-10-16/h5-6,8,12-14,16H,2-4,7,9-11H2,1H3,(H,21,22). The molecule has 0 atom stereocenters. The zero-order chi connectivity index (χ0) is 16.8. The van der Waals surface area contributed by atoms with Gasteiger partial charge in [-0.25, -0.2) is 4.98 Å². The van der Waals surface area contributed by atoms with Crippen LogP contribution in [0.1, 0.15) is 65.7 Å². The Morgan fingerprint density at radius 2 is 2.08 bits per heavy atom. The van der Waals surface area contributed by atoms with E-state index in [1.54, 1.807) is 6.20 Å². The molecule has 1 saturated carbocycles. The first kappa shape index (κ1) is 17.2. The Morgan fingerprint density at radius 1 is 1.29 bits per heavy atom. The molecular weight excluding hydrogens is 316 g/mol. The van der Waals surface area contributed by atoms with E-state index >= 15 is 0 Å². The molecule has 1 N–H and O–H groups in total. The van der Waals surface area contributed by atoms with Crippen molar-refractivity contribution in [2.75, 3.05) is 5.32 Å². The molecule has 3 rings (SSSR count). The van der Waals surface area contributed by atoms with Crippen molar-refractivity contribution in [1.29, 1.82) is 0 Å². The molecule has 127 valence electrons. The number of nitrogens with one attached hydrogen (secondary N) is 1. The van der Waals surface area contributed by atoms with E-state index in [4.69, 9.17) is 0 Å². The first-order chi connectivity index (χ1) is 11.7. The van der Waals surface area contributed by atoms with Crippen LogP contribution < -0.4 is 5.32 Å². The SMILES string of the molecule is Cc1ccccc1C(=O)c1cnc(N[CH]CCC2CCCCC2)s1. The lowest BCUT2D eigenvalue weighted by molar-refractivity contribution is 0.104. The highest BCUT2D eigenvalue weighted by Gasteiger charge is 2.15. The first-order valence-electron chi connectivity index (χ1n) is 8.88. The Morgan fingerprint density at radius 3 is 2.88 bits per heavy atom. The fourth-order valence-corrected chi connectivity index (χ4v) is 4.12. The molecule has 1 radical (unpaired) electrons. The van der Waals surface area contributed by atoms with Crippen molar-refractivity contribution in [3.05, 3.63) is 53.0 Å². The minimum Gasteiger partial charge on any atom is -0.357 e. The van der Waals surface area contributed by atoms with Gasteiger partial charge in [0.15, 0.2) is 5.13 Å². The molecule has 1 aliphatic rings. The zero-order valence-corrected chi connectivity index (χ0v) is 15.1. The second-order valence-electron chi connectivity index (χ2n) is 6.60. The summed E-state index contributed by atoms with van der Waals surface area (Å²) < 4.78 is 0. The number of rotatable bonds is 7. The minimum atomic E-state index is 0.0563. The third-order valence-electron chi connectivity index (χ3n) is 4.79. The molecule has 0 aliphatic heterocycles. The number of aromatic nitrogens is 1. The largest absolute Gasteiger partial charge is 0.357 e. The number of aryl methyl sites for hydroxylation is 1. The quantitative estimate of drug-likeness (QED) is 0.525. The molecule has 1 aromatic carbocycles. The van der Waals surface area contributed by atoms with E-state index < -0.39 is 0 Å². The van der Waals surface area contributed by atoms with Crippen LogP contribution in [-0.2, 0) is 0 Å². The molecule has 0 bridgehead atoms. The van der Waals surface area contributed by atoms with Gasteiger partial charge in [0.25, 0.3) is 0 Å². The van der Waals surface area contributed by atoms with Crippen LogP contribution in [0, 0.1) is 19.4 Å². The van der Waals surface area contributed by atoms with Crippen LogP contribution in [0.2, 0.25) is 0 Å². The van der Waals surface area contributed by atoms with E-state index in [1.165, 1.54) is 49.9 Å². The van der Waals surface area contributed by atoms with Crippen LogP contribution in [0.3, 0.4) is 0 Å². The first-order valence-corrected chi connectivity index (χ1v) is 9.70. The molecule has 0 saturated heterocycles. The van der Waals surface area contributed by atoms with E-state index in [0.29, 0.717) is 4.88 Å². The highest BCUT2D eigenvalue weighted by Crippen LogP contribution is 2.28. The van der Waals surface area contributed by atoms with Crippen LogP contribution in [0.25, 0.3) is 0 Å². The van der Waals surface area contributed by atoms with E-state index in [2.05, 4.69) is 16.8 Å². The number of hydrogen-bond donors (Lipinski definition) is 1. The van der Waals surface area contributed by atoms with Gasteiger partial charge in [-0.1, -0.05) is 67.7 Å². The molecular formula is C20H25N2OS. The average molecular weight is 342 g/mol. The lowest BCUT2D eigenvalue weighted by Crippen LogP contribution is -2.07. The number of ketones is 1. The number of hydrogen-bond acceptors (Lipinski definition) is 4. The van der Waals surface area contributed by atoms with Gasteiger partial charge in [-0.3, -0.25) is 4.79 Å². The molecule has 24 heavy (non-hydrogen) atoms. The summed E-state index contributed by atoms with van der Waals surface area (Å²) in [6.07, 6.45) is 11.0. The fourth-order valence-electron chi connectivity index (χ4n) is 3.36. The number of carbonyl (C=O) groups is 1. The van der Waals surface area contributed by atoms with Crippen molar-refractivity contribution in [3.63, 3.8) is 0 Å². The molecule has 1 aromatic heterocycles. The van der Waals surface area contributed by atoms with Crippen molar-refractivity contribution < 1.29 is 4.79 Å². The van der Waals surface area contributed by atoms with Gasteiger partial charge in [0.2, 0.25) is 5.78 Å². The Balaban J connectivity index is 1.48. The Labute approximate surface area is 148 Å². The topological polar surface area (TPSA) is 42.0 Å². The lowest BCUT2D eigenvalue weighted by atomic mass is 9.86.